The third kappa shape index (κ3) is 3.72. The first-order valence-corrected chi connectivity index (χ1v) is 4.36. The van der Waals surface area contributed by atoms with Crippen LogP contribution in [0.15, 0.2) is 29.4 Å². The largest absolute Gasteiger partial charge is 0.416 e. The average molecular weight is 230 g/mol. The highest BCUT2D eigenvalue weighted by atomic mass is 19.4. The van der Waals surface area contributed by atoms with Crippen molar-refractivity contribution in [1.82, 2.24) is 5.43 Å². The third-order valence-electron chi connectivity index (χ3n) is 1.65. The van der Waals surface area contributed by atoms with Crippen LogP contribution in [0, 0.1) is 0 Å². The van der Waals surface area contributed by atoms with E-state index in [1.54, 1.807) is 0 Å². The fourth-order valence-corrected chi connectivity index (χ4v) is 0.993. The molecule has 1 amide bonds. The van der Waals surface area contributed by atoms with Gasteiger partial charge in [-0.1, -0.05) is 12.1 Å². The van der Waals surface area contributed by atoms with E-state index in [0.717, 1.165) is 18.3 Å². The summed E-state index contributed by atoms with van der Waals surface area (Å²) in [6.07, 6.45) is -3.23. The number of amides is 1. The Bertz CT molecular complexity index is 413. The minimum atomic E-state index is -4.38. The molecule has 0 radical (unpaired) electrons. The summed E-state index contributed by atoms with van der Waals surface area (Å²) in [5, 5.41) is 3.47. The van der Waals surface area contributed by atoms with Gasteiger partial charge in [0, 0.05) is 6.92 Å². The topological polar surface area (TPSA) is 41.5 Å². The first-order valence-electron chi connectivity index (χ1n) is 4.36. The van der Waals surface area contributed by atoms with E-state index in [-0.39, 0.29) is 11.5 Å². The second-order valence-electron chi connectivity index (χ2n) is 3.05. The van der Waals surface area contributed by atoms with Gasteiger partial charge in [-0.25, -0.2) is 5.43 Å². The Labute approximate surface area is 90.0 Å². The van der Waals surface area contributed by atoms with Crippen LogP contribution in [0.3, 0.4) is 0 Å². The van der Waals surface area contributed by atoms with Crippen molar-refractivity contribution in [2.45, 2.75) is 13.1 Å². The van der Waals surface area contributed by atoms with Crippen LogP contribution in [0.2, 0.25) is 0 Å². The second kappa shape index (κ2) is 4.78. The first-order chi connectivity index (χ1) is 7.39. The van der Waals surface area contributed by atoms with Crippen molar-refractivity contribution in [3.8, 4) is 0 Å². The molecule has 1 rings (SSSR count). The lowest BCUT2D eigenvalue weighted by Gasteiger charge is -2.06. The Morgan fingerprint density at radius 1 is 1.44 bits per heavy atom. The fourth-order valence-electron chi connectivity index (χ4n) is 0.993. The lowest BCUT2D eigenvalue weighted by Crippen LogP contribution is -2.12. The van der Waals surface area contributed by atoms with Crippen molar-refractivity contribution >= 4 is 12.1 Å². The Balaban J connectivity index is 2.83. The van der Waals surface area contributed by atoms with Crippen LogP contribution in [0.4, 0.5) is 13.2 Å². The predicted octanol–water partition coefficient (Wildman–Crippen LogP) is 2.18. The molecule has 0 aromatic heterocycles. The molecule has 3 nitrogen and oxygen atoms in total. The van der Waals surface area contributed by atoms with Gasteiger partial charge in [0.05, 0.1) is 11.8 Å². The molecule has 0 heterocycles. The SMILES string of the molecule is CC(=O)N/N=C\c1cccc(C(F)(F)F)c1. The molecule has 86 valence electrons. The zero-order chi connectivity index (χ0) is 12.2. The molecular formula is C10H9F3N2O. The van der Waals surface area contributed by atoms with Crippen LogP contribution >= 0.6 is 0 Å². The third-order valence-corrected chi connectivity index (χ3v) is 1.65. The molecule has 0 aliphatic rings. The van der Waals surface area contributed by atoms with Crippen LogP contribution in [0.25, 0.3) is 0 Å². The highest BCUT2D eigenvalue weighted by molar-refractivity contribution is 5.81. The summed E-state index contributed by atoms with van der Waals surface area (Å²) >= 11 is 0. The molecule has 0 saturated carbocycles. The van der Waals surface area contributed by atoms with Gasteiger partial charge in [-0.05, 0) is 17.7 Å². The number of hydrogen-bond acceptors (Lipinski definition) is 2. The highest BCUT2D eigenvalue weighted by Gasteiger charge is 2.30. The van der Waals surface area contributed by atoms with E-state index >= 15 is 0 Å². The Morgan fingerprint density at radius 2 is 2.12 bits per heavy atom. The molecule has 1 N–H and O–H groups in total. The van der Waals surface area contributed by atoms with Crippen LogP contribution in [-0.2, 0) is 11.0 Å². The van der Waals surface area contributed by atoms with Gasteiger partial charge in [0.15, 0.2) is 0 Å². The number of nitrogens with zero attached hydrogens (tertiary/aromatic N) is 1. The zero-order valence-electron chi connectivity index (χ0n) is 8.38. The van der Waals surface area contributed by atoms with E-state index in [9.17, 15) is 18.0 Å². The van der Waals surface area contributed by atoms with Crippen LogP contribution in [0.1, 0.15) is 18.1 Å². The number of nitrogens with one attached hydrogen (secondary N) is 1. The van der Waals surface area contributed by atoms with Gasteiger partial charge in [0.25, 0.3) is 0 Å². The van der Waals surface area contributed by atoms with Gasteiger partial charge in [-0.15, -0.1) is 0 Å². The van der Waals surface area contributed by atoms with Crippen molar-refractivity contribution in [2.75, 3.05) is 0 Å². The Kier molecular flexibility index (Phi) is 3.65. The van der Waals surface area contributed by atoms with E-state index in [0.29, 0.717) is 0 Å². The number of rotatable bonds is 2. The van der Waals surface area contributed by atoms with E-state index in [2.05, 4.69) is 10.5 Å². The van der Waals surface area contributed by atoms with Crippen LogP contribution < -0.4 is 5.43 Å². The van der Waals surface area contributed by atoms with E-state index in [4.69, 9.17) is 0 Å². The summed E-state index contributed by atoms with van der Waals surface area (Å²) in [6.45, 7) is 1.25. The molecule has 0 bridgehead atoms. The quantitative estimate of drug-likeness (QED) is 0.614. The maximum atomic E-state index is 12.3. The van der Waals surface area contributed by atoms with Crippen LogP contribution in [-0.4, -0.2) is 12.1 Å². The van der Waals surface area contributed by atoms with Crippen LogP contribution in [0.5, 0.6) is 0 Å². The van der Waals surface area contributed by atoms with Gasteiger partial charge in [0.2, 0.25) is 5.91 Å². The summed E-state index contributed by atoms with van der Waals surface area (Å²) < 4.78 is 36.9. The molecule has 0 aliphatic carbocycles. The molecule has 0 spiro atoms. The molecule has 0 saturated heterocycles. The van der Waals surface area contributed by atoms with Gasteiger partial charge < -0.3 is 0 Å². The molecule has 0 aliphatic heterocycles. The molecule has 16 heavy (non-hydrogen) atoms. The van der Waals surface area contributed by atoms with Crippen molar-refractivity contribution in [3.05, 3.63) is 35.4 Å². The van der Waals surface area contributed by atoms with Crippen molar-refractivity contribution in [2.24, 2.45) is 5.10 Å². The lowest BCUT2D eigenvalue weighted by atomic mass is 10.1. The van der Waals surface area contributed by atoms with E-state index in [1.807, 2.05) is 0 Å². The molecular weight excluding hydrogens is 221 g/mol. The molecule has 0 atom stereocenters. The Morgan fingerprint density at radius 3 is 2.69 bits per heavy atom. The number of carbonyl (C=O) groups is 1. The average Bonchev–Trinajstić information content (AvgIpc) is 2.16. The summed E-state index contributed by atoms with van der Waals surface area (Å²) in [4.78, 5) is 10.5. The van der Waals surface area contributed by atoms with E-state index in [1.165, 1.54) is 19.1 Å². The first kappa shape index (κ1) is 12.2. The van der Waals surface area contributed by atoms with Crippen molar-refractivity contribution < 1.29 is 18.0 Å². The minimum Gasteiger partial charge on any atom is -0.274 e. The Hall–Kier alpha value is -1.85. The number of halogens is 3. The van der Waals surface area contributed by atoms with Crippen molar-refractivity contribution in [3.63, 3.8) is 0 Å². The van der Waals surface area contributed by atoms with Gasteiger partial charge in [-0.3, -0.25) is 4.79 Å². The summed E-state index contributed by atoms with van der Waals surface area (Å²) in [5.74, 6) is -0.386. The van der Waals surface area contributed by atoms with Gasteiger partial charge in [0.1, 0.15) is 0 Å². The summed E-state index contributed by atoms with van der Waals surface area (Å²) in [6, 6.07) is 4.65. The fraction of sp³-hybridized carbons (Fsp3) is 0.200. The molecule has 1 aromatic rings. The monoisotopic (exact) mass is 230 g/mol. The highest BCUT2D eigenvalue weighted by Crippen LogP contribution is 2.29. The second-order valence-corrected chi connectivity index (χ2v) is 3.05. The van der Waals surface area contributed by atoms with E-state index < -0.39 is 11.7 Å². The number of alkyl halides is 3. The summed E-state index contributed by atoms with van der Waals surface area (Å²) in [7, 11) is 0. The number of hydrazone groups is 1. The molecule has 6 heteroatoms. The minimum absolute atomic E-state index is 0.267. The molecule has 1 aromatic carbocycles. The predicted molar refractivity (Wildman–Crippen MR) is 52.9 cm³/mol. The smallest absolute Gasteiger partial charge is 0.274 e. The molecule has 0 unspecified atom stereocenters. The zero-order valence-corrected chi connectivity index (χ0v) is 8.38. The van der Waals surface area contributed by atoms with Gasteiger partial charge in [-0.2, -0.15) is 18.3 Å². The molecule has 0 fully saturated rings. The normalized spacial score (nSPS) is 11.8. The van der Waals surface area contributed by atoms with Gasteiger partial charge >= 0.3 is 6.18 Å². The number of carbonyl (C=O) groups excluding carboxylic acids is 1. The van der Waals surface area contributed by atoms with Crippen molar-refractivity contribution in [1.29, 1.82) is 0 Å². The standard InChI is InChI=1S/C10H9F3N2O/c1-7(16)15-14-6-8-3-2-4-9(5-8)10(11,12)13/h2-6H,1H3,(H,15,16)/b14-6-. The maximum absolute atomic E-state index is 12.3. The lowest BCUT2D eigenvalue weighted by molar-refractivity contribution is -0.137. The number of benzene rings is 1. The maximum Gasteiger partial charge on any atom is 0.416 e. The number of hydrogen-bond donors (Lipinski definition) is 1. The summed E-state index contributed by atoms with van der Waals surface area (Å²) in [5.41, 5.74) is 1.62.